The molecule has 1 atom stereocenters. The maximum atomic E-state index is 13.5. The number of halogens is 2. The summed E-state index contributed by atoms with van der Waals surface area (Å²) in [6, 6.07) is 4.59. The molecule has 6 heteroatoms. The number of ether oxygens (including phenoxy) is 1. The molecule has 0 saturated carbocycles. The highest BCUT2D eigenvalue weighted by Gasteiger charge is 2.38. The molecule has 1 aliphatic heterocycles. The van der Waals surface area contributed by atoms with E-state index in [9.17, 15) is 9.18 Å². The van der Waals surface area contributed by atoms with Crippen molar-refractivity contribution in [3.63, 3.8) is 0 Å². The van der Waals surface area contributed by atoms with Crippen LogP contribution in [0.2, 0.25) is 0 Å². The molecule has 0 aromatic heterocycles. The van der Waals surface area contributed by atoms with Gasteiger partial charge in [-0.2, -0.15) is 0 Å². The zero-order chi connectivity index (χ0) is 13.2. The van der Waals surface area contributed by atoms with E-state index in [-0.39, 0.29) is 24.9 Å². The second kappa shape index (κ2) is 5.34. The molecule has 1 aromatic carbocycles. The highest BCUT2D eigenvalue weighted by Crippen LogP contribution is 2.17. The fourth-order valence-corrected chi connectivity index (χ4v) is 2.20. The van der Waals surface area contributed by atoms with Crippen molar-refractivity contribution in [2.24, 2.45) is 5.73 Å². The third-order valence-electron chi connectivity index (χ3n) is 2.95. The first-order chi connectivity index (χ1) is 8.51. The van der Waals surface area contributed by atoms with Crippen LogP contribution in [0, 0.1) is 5.82 Å². The maximum absolute atomic E-state index is 13.5. The predicted molar refractivity (Wildman–Crippen MR) is 68.3 cm³/mol. The lowest BCUT2D eigenvalue weighted by atomic mass is 9.99. The average Bonchev–Trinajstić information content (AvgIpc) is 2.78. The quantitative estimate of drug-likeness (QED) is 0.884. The second-order valence-electron chi connectivity index (χ2n) is 4.38. The number of nitrogens with two attached hydrogens (primary N) is 1. The molecule has 98 valence electrons. The van der Waals surface area contributed by atoms with E-state index in [1.54, 1.807) is 12.1 Å². The molecule has 1 fully saturated rings. The van der Waals surface area contributed by atoms with Gasteiger partial charge in [-0.15, -0.1) is 0 Å². The smallest absolute Gasteiger partial charge is 0.242 e. The fraction of sp³-hybridized carbons (Fsp3) is 0.417. The number of rotatable bonds is 3. The van der Waals surface area contributed by atoms with Crippen molar-refractivity contribution in [3.8, 4) is 0 Å². The largest absolute Gasteiger partial charge is 0.379 e. The van der Waals surface area contributed by atoms with Gasteiger partial charge in [-0.3, -0.25) is 4.79 Å². The summed E-state index contributed by atoms with van der Waals surface area (Å²) in [5, 5.41) is 2.64. The second-order valence-corrected chi connectivity index (χ2v) is 5.29. The number of benzene rings is 1. The Bertz CT molecular complexity index is 461. The van der Waals surface area contributed by atoms with Gasteiger partial charge in [0.1, 0.15) is 11.4 Å². The molecule has 0 spiro atoms. The van der Waals surface area contributed by atoms with E-state index in [0.29, 0.717) is 18.6 Å². The van der Waals surface area contributed by atoms with Gasteiger partial charge >= 0.3 is 0 Å². The molecule has 1 amide bonds. The van der Waals surface area contributed by atoms with Gasteiger partial charge in [-0.25, -0.2) is 4.39 Å². The van der Waals surface area contributed by atoms with Crippen LogP contribution < -0.4 is 11.1 Å². The van der Waals surface area contributed by atoms with Crippen LogP contribution in [0.1, 0.15) is 12.0 Å². The molecular formula is C12H14BrFN2O2. The Kier molecular flexibility index (Phi) is 3.99. The van der Waals surface area contributed by atoms with Crippen molar-refractivity contribution in [1.29, 1.82) is 0 Å². The Balaban J connectivity index is 1.99. The van der Waals surface area contributed by atoms with Gasteiger partial charge in [0, 0.05) is 23.2 Å². The summed E-state index contributed by atoms with van der Waals surface area (Å²) in [4.78, 5) is 11.9. The van der Waals surface area contributed by atoms with Crippen molar-refractivity contribution in [3.05, 3.63) is 34.1 Å². The van der Waals surface area contributed by atoms with E-state index in [4.69, 9.17) is 10.5 Å². The highest BCUT2D eigenvalue weighted by molar-refractivity contribution is 9.10. The van der Waals surface area contributed by atoms with Crippen LogP contribution in [0.4, 0.5) is 4.39 Å². The third-order valence-corrected chi connectivity index (χ3v) is 3.44. The van der Waals surface area contributed by atoms with Crippen molar-refractivity contribution in [2.75, 3.05) is 13.2 Å². The van der Waals surface area contributed by atoms with Gasteiger partial charge in [-0.05, 0) is 24.6 Å². The number of carbonyl (C=O) groups is 1. The minimum Gasteiger partial charge on any atom is -0.379 e. The van der Waals surface area contributed by atoms with Crippen LogP contribution in [0.25, 0.3) is 0 Å². The number of hydrogen-bond acceptors (Lipinski definition) is 3. The Morgan fingerprint density at radius 1 is 1.61 bits per heavy atom. The van der Waals surface area contributed by atoms with Gasteiger partial charge in [0.15, 0.2) is 0 Å². The molecule has 2 rings (SSSR count). The van der Waals surface area contributed by atoms with Crippen molar-refractivity contribution in [2.45, 2.75) is 18.5 Å². The lowest BCUT2D eigenvalue weighted by molar-refractivity contribution is -0.126. The summed E-state index contributed by atoms with van der Waals surface area (Å²) >= 11 is 3.26. The molecule has 1 aliphatic rings. The molecule has 1 unspecified atom stereocenters. The minimum absolute atomic E-state index is 0.114. The lowest BCUT2D eigenvalue weighted by Crippen LogP contribution is -2.54. The number of amides is 1. The van der Waals surface area contributed by atoms with Crippen LogP contribution in [0.3, 0.4) is 0 Å². The highest BCUT2D eigenvalue weighted by atomic mass is 79.9. The van der Waals surface area contributed by atoms with E-state index >= 15 is 0 Å². The molecule has 3 N–H and O–H groups in total. The zero-order valence-electron chi connectivity index (χ0n) is 9.71. The van der Waals surface area contributed by atoms with Gasteiger partial charge in [0.05, 0.1) is 6.61 Å². The molecule has 0 bridgehead atoms. The molecule has 1 aromatic rings. The van der Waals surface area contributed by atoms with Crippen LogP contribution in [-0.2, 0) is 16.1 Å². The van der Waals surface area contributed by atoms with Gasteiger partial charge in [0.25, 0.3) is 0 Å². The monoisotopic (exact) mass is 316 g/mol. The van der Waals surface area contributed by atoms with Crippen molar-refractivity contribution in [1.82, 2.24) is 5.32 Å². The summed E-state index contributed by atoms with van der Waals surface area (Å²) in [5.41, 5.74) is 5.33. The Morgan fingerprint density at radius 2 is 2.39 bits per heavy atom. The Hall–Kier alpha value is -0.980. The Labute approximate surface area is 113 Å². The first-order valence-electron chi connectivity index (χ1n) is 5.60. The summed E-state index contributed by atoms with van der Waals surface area (Å²) in [7, 11) is 0. The SMILES string of the molecule is NC1(C(=O)NCc2cc(Br)ccc2F)CCOC1. The van der Waals surface area contributed by atoms with E-state index < -0.39 is 5.54 Å². The molecule has 18 heavy (non-hydrogen) atoms. The maximum Gasteiger partial charge on any atom is 0.242 e. The standard InChI is InChI=1S/C12H14BrFN2O2/c13-9-1-2-10(14)8(5-9)6-16-11(17)12(15)3-4-18-7-12/h1-2,5H,3-4,6-7,15H2,(H,16,17). The minimum atomic E-state index is -0.984. The van der Waals surface area contributed by atoms with Crippen LogP contribution in [0.5, 0.6) is 0 Å². The van der Waals surface area contributed by atoms with Gasteiger partial charge in [-0.1, -0.05) is 15.9 Å². The number of hydrogen-bond donors (Lipinski definition) is 2. The zero-order valence-corrected chi connectivity index (χ0v) is 11.3. The first-order valence-corrected chi connectivity index (χ1v) is 6.39. The van der Waals surface area contributed by atoms with E-state index in [1.165, 1.54) is 6.07 Å². The van der Waals surface area contributed by atoms with E-state index in [0.717, 1.165) is 4.47 Å². The summed E-state index contributed by atoms with van der Waals surface area (Å²) < 4.78 is 19.3. The molecule has 4 nitrogen and oxygen atoms in total. The number of nitrogens with one attached hydrogen (secondary N) is 1. The van der Waals surface area contributed by atoms with Gasteiger partial charge in [0.2, 0.25) is 5.91 Å². The van der Waals surface area contributed by atoms with Crippen molar-refractivity contribution < 1.29 is 13.9 Å². The number of carbonyl (C=O) groups excluding carboxylic acids is 1. The molecule has 0 radical (unpaired) electrons. The molecule has 1 heterocycles. The summed E-state index contributed by atoms with van der Waals surface area (Å²) in [6.45, 7) is 0.804. The third kappa shape index (κ3) is 2.88. The fourth-order valence-electron chi connectivity index (χ4n) is 1.79. The summed E-state index contributed by atoms with van der Waals surface area (Å²) in [6.07, 6.45) is 0.486. The average molecular weight is 317 g/mol. The normalized spacial score (nSPS) is 23.1. The predicted octanol–water partition coefficient (Wildman–Crippen LogP) is 1.32. The first kappa shape index (κ1) is 13.5. The van der Waals surface area contributed by atoms with Crippen molar-refractivity contribution >= 4 is 21.8 Å². The van der Waals surface area contributed by atoms with E-state index in [1.807, 2.05) is 0 Å². The van der Waals surface area contributed by atoms with E-state index in [2.05, 4.69) is 21.2 Å². The topological polar surface area (TPSA) is 64.4 Å². The Morgan fingerprint density at radius 3 is 3.06 bits per heavy atom. The van der Waals surface area contributed by atoms with Crippen LogP contribution in [-0.4, -0.2) is 24.7 Å². The van der Waals surface area contributed by atoms with Crippen LogP contribution in [0.15, 0.2) is 22.7 Å². The summed E-state index contributed by atoms with van der Waals surface area (Å²) in [5.74, 6) is -0.661. The molecule has 1 saturated heterocycles. The molecular weight excluding hydrogens is 303 g/mol. The lowest BCUT2D eigenvalue weighted by Gasteiger charge is -2.20. The molecule has 0 aliphatic carbocycles. The van der Waals surface area contributed by atoms with Gasteiger partial charge < -0.3 is 15.8 Å². The van der Waals surface area contributed by atoms with Crippen LogP contribution >= 0.6 is 15.9 Å².